The van der Waals surface area contributed by atoms with Gasteiger partial charge < -0.3 is 10.8 Å². The van der Waals surface area contributed by atoms with E-state index in [2.05, 4.69) is 38.5 Å². The minimum absolute atomic E-state index is 0.0486. The molecule has 0 aromatic heterocycles. The van der Waals surface area contributed by atoms with E-state index < -0.39 is 12.0 Å². The summed E-state index contributed by atoms with van der Waals surface area (Å²) >= 11 is 5.56. The van der Waals surface area contributed by atoms with E-state index in [4.69, 9.17) is 10.8 Å². The first-order valence-electron chi connectivity index (χ1n) is 3.93. The molecular formula is C9H9BrINO2. The molecule has 3 nitrogen and oxygen atoms in total. The summed E-state index contributed by atoms with van der Waals surface area (Å²) in [5.41, 5.74) is 6.54. The Bertz CT molecular complexity index is 357. The largest absolute Gasteiger partial charge is 0.481 e. The zero-order valence-corrected chi connectivity index (χ0v) is 10.9. The van der Waals surface area contributed by atoms with E-state index in [9.17, 15) is 4.79 Å². The maximum Gasteiger partial charge on any atom is 0.305 e. The van der Waals surface area contributed by atoms with E-state index in [1.54, 1.807) is 0 Å². The van der Waals surface area contributed by atoms with E-state index in [1.165, 1.54) is 0 Å². The number of hydrogen-bond donors (Lipinski definition) is 2. The molecular weight excluding hydrogens is 361 g/mol. The molecule has 0 amide bonds. The average molecular weight is 370 g/mol. The van der Waals surface area contributed by atoms with Gasteiger partial charge in [-0.05, 0) is 56.2 Å². The molecule has 0 saturated carbocycles. The number of carboxylic acid groups (broad SMARTS) is 1. The van der Waals surface area contributed by atoms with Crippen LogP contribution in [0, 0.1) is 3.57 Å². The summed E-state index contributed by atoms with van der Waals surface area (Å²) in [5.74, 6) is -0.882. The summed E-state index contributed by atoms with van der Waals surface area (Å²) in [5, 5.41) is 8.58. The number of benzene rings is 1. The fourth-order valence-corrected chi connectivity index (χ4v) is 1.78. The van der Waals surface area contributed by atoms with Gasteiger partial charge in [-0.1, -0.05) is 6.07 Å². The fraction of sp³-hybridized carbons (Fsp3) is 0.222. The Morgan fingerprint density at radius 2 is 2.29 bits per heavy atom. The smallest absolute Gasteiger partial charge is 0.305 e. The van der Waals surface area contributed by atoms with Crippen molar-refractivity contribution in [3.8, 4) is 0 Å². The van der Waals surface area contributed by atoms with Gasteiger partial charge in [-0.2, -0.15) is 0 Å². The third-order valence-corrected chi connectivity index (χ3v) is 4.10. The fourth-order valence-electron chi connectivity index (χ4n) is 1.05. The molecule has 0 aliphatic carbocycles. The van der Waals surface area contributed by atoms with Gasteiger partial charge >= 0.3 is 5.97 Å². The van der Waals surface area contributed by atoms with Crippen molar-refractivity contribution in [1.29, 1.82) is 0 Å². The number of halogens is 2. The second kappa shape index (κ2) is 5.09. The van der Waals surface area contributed by atoms with Crippen LogP contribution in [-0.2, 0) is 4.79 Å². The first-order valence-corrected chi connectivity index (χ1v) is 5.80. The summed E-state index contributed by atoms with van der Waals surface area (Å²) < 4.78 is 2.02. The molecule has 5 heteroatoms. The van der Waals surface area contributed by atoms with E-state index in [0.717, 1.165) is 13.6 Å². The van der Waals surface area contributed by atoms with Crippen LogP contribution in [0.2, 0.25) is 0 Å². The van der Waals surface area contributed by atoms with Crippen molar-refractivity contribution in [2.24, 2.45) is 5.73 Å². The van der Waals surface area contributed by atoms with Crippen LogP contribution >= 0.6 is 38.5 Å². The SMILES string of the molecule is N[C@H](CC(=O)O)c1ccc(I)c(Br)c1. The second-order valence-corrected chi connectivity index (χ2v) is 4.89. The van der Waals surface area contributed by atoms with Gasteiger partial charge in [-0.3, -0.25) is 4.79 Å². The van der Waals surface area contributed by atoms with Crippen LogP contribution in [0.5, 0.6) is 0 Å². The molecule has 0 unspecified atom stereocenters. The van der Waals surface area contributed by atoms with Gasteiger partial charge in [-0.25, -0.2) is 0 Å². The average Bonchev–Trinajstić information content (AvgIpc) is 2.08. The molecule has 0 aliphatic rings. The molecule has 1 rings (SSSR count). The van der Waals surface area contributed by atoms with Crippen molar-refractivity contribution >= 4 is 44.5 Å². The molecule has 0 bridgehead atoms. The van der Waals surface area contributed by atoms with Crippen molar-refractivity contribution in [3.63, 3.8) is 0 Å². The van der Waals surface area contributed by atoms with Gasteiger partial charge in [0.25, 0.3) is 0 Å². The lowest BCUT2D eigenvalue weighted by atomic mass is 10.1. The molecule has 0 heterocycles. The van der Waals surface area contributed by atoms with E-state index in [-0.39, 0.29) is 6.42 Å². The third kappa shape index (κ3) is 3.21. The third-order valence-electron chi connectivity index (χ3n) is 1.77. The highest BCUT2D eigenvalue weighted by molar-refractivity contribution is 14.1. The van der Waals surface area contributed by atoms with Crippen LogP contribution in [0.1, 0.15) is 18.0 Å². The Morgan fingerprint density at radius 1 is 1.64 bits per heavy atom. The van der Waals surface area contributed by atoms with Gasteiger partial charge in [-0.15, -0.1) is 0 Å². The van der Waals surface area contributed by atoms with Gasteiger partial charge in [0.2, 0.25) is 0 Å². The number of nitrogens with two attached hydrogens (primary N) is 1. The number of aliphatic carboxylic acids is 1. The molecule has 1 aromatic carbocycles. The minimum Gasteiger partial charge on any atom is -0.481 e. The van der Waals surface area contributed by atoms with Gasteiger partial charge in [0, 0.05) is 14.1 Å². The van der Waals surface area contributed by atoms with Crippen LogP contribution in [0.25, 0.3) is 0 Å². The maximum absolute atomic E-state index is 10.4. The van der Waals surface area contributed by atoms with Crippen molar-refractivity contribution in [2.75, 3.05) is 0 Å². The Kier molecular flexibility index (Phi) is 4.33. The molecule has 3 N–H and O–H groups in total. The van der Waals surface area contributed by atoms with Crippen LogP contribution in [0.15, 0.2) is 22.7 Å². The Balaban J connectivity index is 2.85. The van der Waals surface area contributed by atoms with Crippen molar-refractivity contribution < 1.29 is 9.90 Å². The summed E-state index contributed by atoms with van der Waals surface area (Å²) in [6.07, 6.45) is -0.0486. The molecule has 76 valence electrons. The number of carbonyl (C=O) groups is 1. The highest BCUT2D eigenvalue weighted by Crippen LogP contribution is 2.23. The van der Waals surface area contributed by atoms with E-state index in [1.807, 2.05) is 18.2 Å². The quantitative estimate of drug-likeness (QED) is 0.805. The molecule has 0 radical (unpaired) electrons. The highest BCUT2D eigenvalue weighted by Gasteiger charge is 2.11. The zero-order chi connectivity index (χ0) is 10.7. The standard InChI is InChI=1S/C9H9BrINO2/c10-6-3-5(1-2-7(6)11)8(12)4-9(13)14/h1-3,8H,4,12H2,(H,13,14)/t8-/m1/s1. The summed E-state index contributed by atoms with van der Waals surface area (Å²) in [6.45, 7) is 0. The number of hydrogen-bond acceptors (Lipinski definition) is 2. The van der Waals surface area contributed by atoms with Crippen LogP contribution < -0.4 is 5.73 Å². The molecule has 14 heavy (non-hydrogen) atoms. The predicted octanol–water partition coefficient (Wildman–Crippen LogP) is 2.53. The topological polar surface area (TPSA) is 63.3 Å². The molecule has 0 fully saturated rings. The summed E-state index contributed by atoms with van der Waals surface area (Å²) in [7, 11) is 0. The highest BCUT2D eigenvalue weighted by atomic mass is 127. The van der Waals surface area contributed by atoms with Crippen LogP contribution in [0.4, 0.5) is 0 Å². The minimum atomic E-state index is -0.882. The zero-order valence-electron chi connectivity index (χ0n) is 7.21. The summed E-state index contributed by atoms with van der Waals surface area (Å²) in [6, 6.07) is 5.16. The van der Waals surface area contributed by atoms with Crippen molar-refractivity contribution in [2.45, 2.75) is 12.5 Å². The lowest BCUT2D eigenvalue weighted by Crippen LogP contribution is -2.14. The Morgan fingerprint density at radius 3 is 2.79 bits per heavy atom. The molecule has 0 saturated heterocycles. The lowest BCUT2D eigenvalue weighted by molar-refractivity contribution is -0.137. The monoisotopic (exact) mass is 369 g/mol. The van der Waals surface area contributed by atoms with Gasteiger partial charge in [0.05, 0.1) is 6.42 Å². The normalized spacial score (nSPS) is 12.5. The van der Waals surface area contributed by atoms with Gasteiger partial charge in [0.15, 0.2) is 0 Å². The second-order valence-electron chi connectivity index (χ2n) is 2.88. The Labute approximate surface area is 104 Å². The van der Waals surface area contributed by atoms with Crippen molar-refractivity contribution in [1.82, 2.24) is 0 Å². The molecule has 1 aromatic rings. The molecule has 1 atom stereocenters. The van der Waals surface area contributed by atoms with E-state index in [0.29, 0.717) is 0 Å². The first-order chi connectivity index (χ1) is 6.50. The molecule has 0 aliphatic heterocycles. The first kappa shape index (κ1) is 11.9. The number of carboxylic acids is 1. The van der Waals surface area contributed by atoms with E-state index >= 15 is 0 Å². The summed E-state index contributed by atoms with van der Waals surface area (Å²) in [4.78, 5) is 10.4. The van der Waals surface area contributed by atoms with Gasteiger partial charge in [0.1, 0.15) is 0 Å². The maximum atomic E-state index is 10.4. The lowest BCUT2D eigenvalue weighted by Gasteiger charge is -2.10. The molecule has 0 spiro atoms. The van der Waals surface area contributed by atoms with Crippen LogP contribution in [0.3, 0.4) is 0 Å². The number of rotatable bonds is 3. The van der Waals surface area contributed by atoms with Crippen molar-refractivity contribution in [3.05, 3.63) is 31.8 Å². The van der Waals surface area contributed by atoms with Crippen LogP contribution in [-0.4, -0.2) is 11.1 Å². The predicted molar refractivity (Wildman–Crippen MR) is 66.0 cm³/mol. The Hall–Kier alpha value is -0.140.